The summed E-state index contributed by atoms with van der Waals surface area (Å²) in [5, 5.41) is 12.5. The number of benzene rings is 1. The molecule has 0 amide bonds. The maximum Gasteiger partial charge on any atom is 0.131 e. The summed E-state index contributed by atoms with van der Waals surface area (Å²) < 4.78 is 19.0. The molecule has 1 aromatic carbocycles. The molecule has 0 radical (unpaired) electrons. The number of hydrogen-bond acceptors (Lipinski definition) is 3. The second-order valence-corrected chi connectivity index (χ2v) is 5.23. The topological polar surface area (TPSA) is 41.5 Å². The van der Waals surface area contributed by atoms with Gasteiger partial charge in [0.1, 0.15) is 11.6 Å². The van der Waals surface area contributed by atoms with Crippen LogP contribution in [0.1, 0.15) is 37.8 Å². The Balaban J connectivity index is 2.03. The van der Waals surface area contributed by atoms with Gasteiger partial charge in [-0.1, -0.05) is 6.07 Å². The number of hydrogen-bond donors (Lipinski definition) is 2. The number of methoxy groups -OCH3 is 1. The Kier molecular flexibility index (Phi) is 4.77. The molecule has 0 spiro atoms. The summed E-state index contributed by atoms with van der Waals surface area (Å²) >= 11 is 0. The fourth-order valence-electron chi connectivity index (χ4n) is 2.49. The summed E-state index contributed by atoms with van der Waals surface area (Å²) in [5.74, 6) is 0.913. The van der Waals surface area contributed by atoms with E-state index in [1.165, 1.54) is 26.0 Å². The third kappa shape index (κ3) is 3.67. The fraction of sp³-hybridized carbons (Fsp3) is 0.600. The van der Waals surface area contributed by atoms with Crippen molar-refractivity contribution in [3.05, 3.63) is 29.6 Å². The van der Waals surface area contributed by atoms with E-state index in [1.54, 1.807) is 12.1 Å². The molecule has 4 heteroatoms. The third-order valence-corrected chi connectivity index (χ3v) is 3.77. The van der Waals surface area contributed by atoms with E-state index in [9.17, 15) is 4.39 Å². The van der Waals surface area contributed by atoms with Crippen LogP contribution in [0.5, 0.6) is 5.75 Å². The minimum Gasteiger partial charge on any atom is -0.497 e. The van der Waals surface area contributed by atoms with Crippen molar-refractivity contribution < 1.29 is 14.2 Å². The van der Waals surface area contributed by atoms with E-state index in [0.29, 0.717) is 17.2 Å². The minimum atomic E-state index is -0.252. The predicted molar refractivity (Wildman–Crippen MR) is 72.7 cm³/mol. The van der Waals surface area contributed by atoms with Gasteiger partial charge in [-0.3, -0.25) is 0 Å². The standard InChI is InChI=1S/C15H22FNO2/c1-10(17-15(7-8-18)11-3-4-11)13-6-5-12(19-2)9-14(13)16/h5-6,9-11,15,17-18H,3-4,7-8H2,1-2H3. The zero-order chi connectivity index (χ0) is 13.8. The van der Waals surface area contributed by atoms with Gasteiger partial charge in [-0.25, -0.2) is 4.39 Å². The molecule has 1 aliphatic carbocycles. The first-order valence-electron chi connectivity index (χ1n) is 6.86. The van der Waals surface area contributed by atoms with Crippen molar-refractivity contribution in [1.29, 1.82) is 0 Å². The van der Waals surface area contributed by atoms with E-state index in [0.717, 1.165) is 6.42 Å². The highest BCUT2D eigenvalue weighted by Crippen LogP contribution is 2.35. The smallest absolute Gasteiger partial charge is 0.131 e. The lowest BCUT2D eigenvalue weighted by atomic mass is 10.0. The Morgan fingerprint density at radius 1 is 1.47 bits per heavy atom. The maximum absolute atomic E-state index is 14.0. The van der Waals surface area contributed by atoms with Crippen molar-refractivity contribution in [2.24, 2.45) is 5.92 Å². The molecule has 0 aliphatic heterocycles. The van der Waals surface area contributed by atoms with Gasteiger partial charge < -0.3 is 15.2 Å². The summed E-state index contributed by atoms with van der Waals surface area (Å²) in [4.78, 5) is 0. The van der Waals surface area contributed by atoms with Crippen LogP contribution in [0.2, 0.25) is 0 Å². The largest absolute Gasteiger partial charge is 0.497 e. The van der Waals surface area contributed by atoms with Crippen LogP contribution >= 0.6 is 0 Å². The van der Waals surface area contributed by atoms with Crippen molar-refractivity contribution >= 4 is 0 Å². The molecule has 2 atom stereocenters. The van der Waals surface area contributed by atoms with Crippen molar-refractivity contribution in [2.75, 3.05) is 13.7 Å². The molecule has 3 nitrogen and oxygen atoms in total. The van der Waals surface area contributed by atoms with Gasteiger partial charge in [0.05, 0.1) is 7.11 Å². The molecular formula is C15H22FNO2. The third-order valence-electron chi connectivity index (χ3n) is 3.77. The number of halogens is 1. The maximum atomic E-state index is 14.0. The molecule has 0 heterocycles. The zero-order valence-electron chi connectivity index (χ0n) is 11.5. The molecule has 2 unspecified atom stereocenters. The Bertz CT molecular complexity index is 421. The second kappa shape index (κ2) is 6.35. The van der Waals surface area contributed by atoms with E-state index in [1.807, 2.05) is 6.92 Å². The lowest BCUT2D eigenvalue weighted by molar-refractivity contribution is 0.249. The van der Waals surface area contributed by atoms with E-state index < -0.39 is 0 Å². The number of nitrogens with one attached hydrogen (secondary N) is 1. The highest BCUT2D eigenvalue weighted by Gasteiger charge is 2.31. The molecule has 106 valence electrons. The number of ether oxygens (including phenoxy) is 1. The minimum absolute atomic E-state index is 0.0666. The van der Waals surface area contributed by atoms with Crippen LogP contribution in [-0.2, 0) is 0 Å². The van der Waals surface area contributed by atoms with Crippen LogP contribution in [0.3, 0.4) is 0 Å². The molecule has 1 saturated carbocycles. The molecule has 19 heavy (non-hydrogen) atoms. The van der Waals surface area contributed by atoms with Gasteiger partial charge in [0.2, 0.25) is 0 Å². The number of aliphatic hydroxyl groups is 1. The van der Waals surface area contributed by atoms with E-state index in [4.69, 9.17) is 9.84 Å². The molecule has 2 rings (SSSR count). The predicted octanol–water partition coefficient (Wildman–Crippen LogP) is 2.65. The summed E-state index contributed by atoms with van der Waals surface area (Å²) in [6.07, 6.45) is 3.14. The molecule has 2 N–H and O–H groups in total. The van der Waals surface area contributed by atoms with E-state index >= 15 is 0 Å². The average molecular weight is 267 g/mol. The highest BCUT2D eigenvalue weighted by atomic mass is 19.1. The second-order valence-electron chi connectivity index (χ2n) is 5.23. The van der Waals surface area contributed by atoms with Crippen LogP contribution in [0.15, 0.2) is 18.2 Å². The first-order valence-corrected chi connectivity index (χ1v) is 6.86. The van der Waals surface area contributed by atoms with Gasteiger partial charge in [-0.15, -0.1) is 0 Å². The molecule has 0 aromatic heterocycles. The lowest BCUT2D eigenvalue weighted by Gasteiger charge is -2.23. The van der Waals surface area contributed by atoms with Crippen molar-refractivity contribution in [2.45, 2.75) is 38.3 Å². The van der Waals surface area contributed by atoms with Gasteiger partial charge in [-0.2, -0.15) is 0 Å². The molecule has 1 fully saturated rings. The summed E-state index contributed by atoms with van der Waals surface area (Å²) in [6.45, 7) is 2.13. The first-order chi connectivity index (χ1) is 9.15. The zero-order valence-corrected chi connectivity index (χ0v) is 11.5. The van der Waals surface area contributed by atoms with Crippen LogP contribution in [0.25, 0.3) is 0 Å². The Labute approximate surface area is 113 Å². The molecule has 0 saturated heterocycles. The SMILES string of the molecule is COc1ccc(C(C)NC(CCO)C2CC2)c(F)c1. The van der Waals surface area contributed by atoms with E-state index in [-0.39, 0.29) is 24.5 Å². The normalized spacial score (nSPS) is 18.1. The van der Waals surface area contributed by atoms with Gasteiger partial charge in [0.15, 0.2) is 0 Å². The van der Waals surface area contributed by atoms with Crippen LogP contribution in [0, 0.1) is 11.7 Å². The van der Waals surface area contributed by atoms with Gasteiger partial charge >= 0.3 is 0 Å². The van der Waals surface area contributed by atoms with Gasteiger partial charge in [0.25, 0.3) is 0 Å². The van der Waals surface area contributed by atoms with Crippen molar-refractivity contribution in [1.82, 2.24) is 5.32 Å². The van der Waals surface area contributed by atoms with Crippen LogP contribution in [-0.4, -0.2) is 24.9 Å². The summed E-state index contributed by atoms with van der Waals surface area (Å²) in [5.41, 5.74) is 0.643. The highest BCUT2D eigenvalue weighted by molar-refractivity contribution is 5.30. The monoisotopic (exact) mass is 267 g/mol. The van der Waals surface area contributed by atoms with Crippen molar-refractivity contribution in [3.8, 4) is 5.75 Å². The molecule has 0 bridgehead atoms. The summed E-state index contributed by atoms with van der Waals surface area (Å²) in [6, 6.07) is 5.15. The Morgan fingerprint density at radius 2 is 2.21 bits per heavy atom. The Morgan fingerprint density at radius 3 is 2.74 bits per heavy atom. The van der Waals surface area contributed by atoms with Gasteiger partial charge in [0, 0.05) is 30.3 Å². The quantitative estimate of drug-likeness (QED) is 0.798. The summed E-state index contributed by atoms with van der Waals surface area (Å²) in [7, 11) is 1.53. The number of rotatable bonds is 7. The molecule has 1 aliphatic rings. The Hall–Kier alpha value is -1.13. The molecule has 1 aromatic rings. The fourth-order valence-corrected chi connectivity index (χ4v) is 2.49. The molecular weight excluding hydrogens is 245 g/mol. The number of aliphatic hydroxyl groups excluding tert-OH is 1. The van der Waals surface area contributed by atoms with Crippen LogP contribution < -0.4 is 10.1 Å². The van der Waals surface area contributed by atoms with Gasteiger partial charge in [-0.05, 0) is 38.2 Å². The average Bonchev–Trinajstić information content (AvgIpc) is 3.22. The van der Waals surface area contributed by atoms with Crippen LogP contribution in [0.4, 0.5) is 4.39 Å². The first kappa shape index (κ1) is 14.3. The lowest BCUT2D eigenvalue weighted by Crippen LogP contribution is -2.34. The van der Waals surface area contributed by atoms with Crippen molar-refractivity contribution in [3.63, 3.8) is 0 Å². The van der Waals surface area contributed by atoms with E-state index in [2.05, 4.69) is 5.32 Å².